The molecule has 2 aromatic carbocycles. The van der Waals surface area contributed by atoms with E-state index >= 15 is 0 Å². The van der Waals surface area contributed by atoms with Gasteiger partial charge in [0.25, 0.3) is 0 Å². The van der Waals surface area contributed by atoms with Crippen molar-refractivity contribution in [3.05, 3.63) is 71.8 Å². The lowest BCUT2D eigenvalue weighted by atomic mass is 10.1. The highest BCUT2D eigenvalue weighted by molar-refractivity contribution is 5.84. The van der Waals surface area contributed by atoms with Crippen molar-refractivity contribution in [2.75, 3.05) is 6.54 Å². The molecule has 158 valence electrons. The molecule has 0 saturated heterocycles. The van der Waals surface area contributed by atoms with Gasteiger partial charge in [0, 0.05) is 34.4 Å². The van der Waals surface area contributed by atoms with Gasteiger partial charge in [-0.3, -0.25) is 0 Å². The lowest BCUT2D eigenvalue weighted by Gasteiger charge is -2.08. The Balaban J connectivity index is 1.92. The predicted octanol–water partition coefficient (Wildman–Crippen LogP) is 4.20. The van der Waals surface area contributed by atoms with E-state index in [-0.39, 0.29) is 0 Å². The number of rotatable bonds is 6. The molecule has 1 aliphatic rings. The minimum atomic E-state index is -0.481. The molecule has 1 aliphatic heterocycles. The largest absolute Gasteiger partial charge is 0.423 e. The zero-order valence-electron chi connectivity index (χ0n) is 18.3. The smallest absolute Gasteiger partial charge is 0.413 e. The zero-order chi connectivity index (χ0) is 22.7. The fraction of sp³-hybridized carbons (Fsp3) is 0.200. The van der Waals surface area contributed by atoms with Gasteiger partial charge in [-0.2, -0.15) is 0 Å². The first kappa shape index (κ1) is 21.9. The Morgan fingerprint density at radius 3 is 1.65 bits per heavy atom. The van der Waals surface area contributed by atoms with Gasteiger partial charge in [-0.05, 0) is 52.0 Å². The van der Waals surface area contributed by atoms with Crippen LogP contribution in [-0.4, -0.2) is 40.2 Å². The highest BCUT2D eigenvalue weighted by Gasteiger charge is 2.30. The van der Waals surface area contributed by atoms with Gasteiger partial charge in [0.1, 0.15) is 11.5 Å². The summed E-state index contributed by atoms with van der Waals surface area (Å²) in [4.78, 5) is 23.0. The van der Waals surface area contributed by atoms with Crippen LogP contribution >= 0.6 is 0 Å². The van der Waals surface area contributed by atoms with E-state index in [1.165, 1.54) is 0 Å². The van der Waals surface area contributed by atoms with Gasteiger partial charge < -0.3 is 9.47 Å². The molecule has 6 nitrogen and oxygen atoms in total. The number of ether oxygens (including phenoxy) is 2. The van der Waals surface area contributed by atoms with Crippen molar-refractivity contribution < 1.29 is 28.2 Å². The molecule has 6 heteroatoms. The molecule has 0 atom stereocenters. The molecule has 0 amide bonds. The molecule has 2 aromatic rings. The summed E-state index contributed by atoms with van der Waals surface area (Å²) in [6, 6.07) is 7.37. The van der Waals surface area contributed by atoms with Gasteiger partial charge in [-0.1, -0.05) is 13.2 Å². The monoisotopic (exact) mass is 418 g/mol. The van der Waals surface area contributed by atoms with Crippen molar-refractivity contribution in [3.8, 4) is 11.5 Å². The average molecular weight is 418 g/mol. The first-order chi connectivity index (χ1) is 14.7. The molecular formula is C25H26N2O4+2. The van der Waals surface area contributed by atoms with Crippen molar-refractivity contribution in [1.29, 1.82) is 0 Å². The molecule has 0 bridgehead atoms. The van der Waals surface area contributed by atoms with Crippen LogP contribution in [0, 0.1) is 27.7 Å². The molecule has 31 heavy (non-hydrogen) atoms. The maximum atomic E-state index is 11.5. The Bertz CT molecular complexity index is 1130. The summed E-state index contributed by atoms with van der Waals surface area (Å²) in [5.74, 6) is 0.0354. The topological polar surface area (TPSA) is 58.6 Å². The van der Waals surface area contributed by atoms with Crippen LogP contribution in [0.25, 0.3) is 0 Å². The van der Waals surface area contributed by atoms with Crippen LogP contribution in [0.3, 0.4) is 0 Å². The number of carbonyl (C=O) groups excluding carboxylic acids is 2. The number of hydrogen-bond acceptors (Lipinski definition) is 4. The number of nitrogens with zero attached hydrogens (tertiary/aromatic N) is 2. The molecule has 0 radical (unpaired) electrons. The second kappa shape index (κ2) is 8.92. The minimum Gasteiger partial charge on any atom is -0.423 e. The number of aryl methyl sites for hydroxylation is 4. The van der Waals surface area contributed by atoms with E-state index in [4.69, 9.17) is 9.47 Å². The molecule has 0 aromatic heterocycles. The van der Waals surface area contributed by atoms with Crippen molar-refractivity contribution in [1.82, 2.24) is 0 Å². The van der Waals surface area contributed by atoms with E-state index in [0.29, 0.717) is 18.0 Å². The standard InChI is InChI=1S/C25H26N2O4/c1-7-22(28)30-20-11-16(3)24(17(4)12-20)26-9-10-27(15-26)25-18(5)13-21(14-19(25)6)31-23(29)8-2/h7-9,11-15H,1-2,10H2,3-6H3/q+2. The summed E-state index contributed by atoms with van der Waals surface area (Å²) in [5.41, 5.74) is 6.07. The van der Waals surface area contributed by atoms with E-state index in [1.54, 1.807) is 0 Å². The van der Waals surface area contributed by atoms with Crippen LogP contribution in [0.4, 0.5) is 11.4 Å². The Labute approximate surface area is 182 Å². The normalized spacial score (nSPS) is 12.6. The van der Waals surface area contributed by atoms with Gasteiger partial charge in [0.15, 0.2) is 0 Å². The van der Waals surface area contributed by atoms with Gasteiger partial charge in [0.05, 0.1) is 0 Å². The summed E-state index contributed by atoms with van der Waals surface area (Å²) in [6.07, 6.45) is 6.42. The fourth-order valence-corrected chi connectivity index (χ4v) is 3.84. The first-order valence-corrected chi connectivity index (χ1v) is 9.87. The zero-order valence-corrected chi connectivity index (χ0v) is 18.3. The summed E-state index contributed by atoms with van der Waals surface area (Å²) >= 11 is 0. The molecule has 0 N–H and O–H groups in total. The average Bonchev–Trinajstić information content (AvgIpc) is 3.15. The summed E-state index contributed by atoms with van der Waals surface area (Å²) < 4.78 is 14.8. The Morgan fingerprint density at radius 1 is 0.806 bits per heavy atom. The lowest BCUT2D eigenvalue weighted by Crippen LogP contribution is -2.10. The van der Waals surface area contributed by atoms with E-state index in [1.807, 2.05) is 58.3 Å². The molecular weight excluding hydrogens is 392 g/mol. The van der Waals surface area contributed by atoms with Crippen molar-refractivity contribution in [3.63, 3.8) is 0 Å². The maximum Gasteiger partial charge on any atom is 0.413 e. The molecule has 3 rings (SSSR count). The lowest BCUT2D eigenvalue weighted by molar-refractivity contribution is -0.446. The van der Waals surface area contributed by atoms with Crippen molar-refractivity contribution >= 4 is 35.9 Å². The van der Waals surface area contributed by atoms with E-state index in [2.05, 4.69) is 28.5 Å². The molecule has 0 aliphatic carbocycles. The fourth-order valence-electron chi connectivity index (χ4n) is 3.84. The van der Waals surface area contributed by atoms with E-state index in [0.717, 1.165) is 45.8 Å². The molecule has 0 saturated carbocycles. The summed E-state index contributed by atoms with van der Waals surface area (Å²) in [7, 11) is 0. The number of carbonyl (C=O) groups is 2. The van der Waals surface area contributed by atoms with Crippen molar-refractivity contribution in [2.45, 2.75) is 27.7 Å². The molecule has 0 unspecified atom stereocenters. The van der Waals surface area contributed by atoms with Gasteiger partial charge in [-0.25, -0.2) is 9.59 Å². The predicted molar refractivity (Wildman–Crippen MR) is 120 cm³/mol. The third-order valence-corrected chi connectivity index (χ3v) is 4.98. The summed E-state index contributed by atoms with van der Waals surface area (Å²) in [6.45, 7) is 15.5. The number of esters is 2. The number of benzene rings is 2. The Hall–Kier alpha value is -3.80. The molecule has 0 spiro atoms. The third kappa shape index (κ3) is 4.69. The van der Waals surface area contributed by atoms with Crippen LogP contribution in [0.5, 0.6) is 11.5 Å². The van der Waals surface area contributed by atoms with Crippen molar-refractivity contribution in [2.24, 2.45) is 0 Å². The first-order valence-electron chi connectivity index (χ1n) is 9.87. The molecule has 0 fully saturated rings. The van der Waals surface area contributed by atoms with Gasteiger partial charge >= 0.3 is 18.3 Å². The minimum absolute atomic E-state index is 0.480. The van der Waals surface area contributed by atoms with Crippen LogP contribution < -0.4 is 9.47 Å². The second-order valence-corrected chi connectivity index (χ2v) is 7.42. The highest BCUT2D eigenvalue weighted by atomic mass is 16.5. The Morgan fingerprint density at radius 2 is 1.23 bits per heavy atom. The van der Waals surface area contributed by atoms with Gasteiger partial charge in [-0.15, -0.1) is 9.15 Å². The second-order valence-electron chi connectivity index (χ2n) is 7.42. The van der Waals surface area contributed by atoms with Crippen LogP contribution in [0.2, 0.25) is 0 Å². The third-order valence-electron chi connectivity index (χ3n) is 4.98. The number of hydrogen-bond donors (Lipinski definition) is 0. The van der Waals surface area contributed by atoms with Crippen LogP contribution in [-0.2, 0) is 9.59 Å². The Kier molecular flexibility index (Phi) is 6.30. The van der Waals surface area contributed by atoms with E-state index in [9.17, 15) is 9.59 Å². The van der Waals surface area contributed by atoms with Crippen LogP contribution in [0.1, 0.15) is 22.3 Å². The SMILES string of the molecule is C=CC(=O)Oc1cc(C)c([N+]2=CC[N+](c3c(C)cc(OC(=O)C=C)cc3C)=C2)c(C)c1. The van der Waals surface area contributed by atoms with Gasteiger partial charge in [0.2, 0.25) is 24.1 Å². The molecule has 1 heterocycles. The van der Waals surface area contributed by atoms with Crippen LogP contribution in [0.15, 0.2) is 49.6 Å². The van der Waals surface area contributed by atoms with E-state index < -0.39 is 11.9 Å². The maximum absolute atomic E-state index is 11.5. The summed E-state index contributed by atoms with van der Waals surface area (Å²) in [5, 5.41) is 0. The highest BCUT2D eigenvalue weighted by Crippen LogP contribution is 2.32. The quantitative estimate of drug-likeness (QED) is 0.305.